The molecule has 4 rings (SSSR count). The van der Waals surface area contributed by atoms with E-state index in [4.69, 9.17) is 4.74 Å². The molecule has 0 radical (unpaired) electrons. The Labute approximate surface area is 194 Å². The molecule has 7 heteroatoms. The van der Waals surface area contributed by atoms with Crippen LogP contribution in [0.25, 0.3) is 11.3 Å². The van der Waals surface area contributed by atoms with Crippen LogP contribution in [0.2, 0.25) is 0 Å². The van der Waals surface area contributed by atoms with Crippen molar-refractivity contribution in [2.45, 2.75) is 58.1 Å². The molecule has 0 spiro atoms. The first kappa shape index (κ1) is 23.0. The van der Waals surface area contributed by atoms with Gasteiger partial charge in [-0.2, -0.15) is 0 Å². The molecule has 0 bridgehead atoms. The van der Waals surface area contributed by atoms with E-state index in [0.29, 0.717) is 17.7 Å². The number of nitrogens with zero attached hydrogens (tertiary/aromatic N) is 3. The van der Waals surface area contributed by atoms with Crippen molar-refractivity contribution in [2.75, 3.05) is 7.11 Å². The second-order valence-electron chi connectivity index (χ2n) is 8.95. The third kappa shape index (κ3) is 4.93. The molecule has 33 heavy (non-hydrogen) atoms. The summed E-state index contributed by atoms with van der Waals surface area (Å²) in [6.07, 6.45) is 5.63. The summed E-state index contributed by atoms with van der Waals surface area (Å²) in [6, 6.07) is 9.98. The second-order valence-corrected chi connectivity index (χ2v) is 8.95. The molecule has 1 fully saturated rings. The van der Waals surface area contributed by atoms with Crippen LogP contribution in [0.5, 0.6) is 5.75 Å². The van der Waals surface area contributed by atoms with Gasteiger partial charge in [0.05, 0.1) is 31.0 Å². The van der Waals surface area contributed by atoms with E-state index in [0.717, 1.165) is 59.2 Å². The minimum Gasteiger partial charge on any atom is -0.496 e. The van der Waals surface area contributed by atoms with Crippen molar-refractivity contribution in [3.8, 4) is 17.0 Å². The Hall–Kier alpha value is -3.19. The van der Waals surface area contributed by atoms with Crippen LogP contribution >= 0.6 is 0 Å². The molecule has 2 N–H and O–H groups in total. The molecule has 1 aromatic heterocycles. The maximum Gasteiger partial charge on any atom is 0.255 e. The van der Waals surface area contributed by atoms with Gasteiger partial charge in [-0.25, -0.2) is 0 Å². The predicted molar refractivity (Wildman–Crippen MR) is 127 cm³/mol. The summed E-state index contributed by atoms with van der Waals surface area (Å²) in [7, 11) is 3.45. The van der Waals surface area contributed by atoms with E-state index in [-0.39, 0.29) is 11.9 Å². The first-order valence-corrected chi connectivity index (χ1v) is 11.5. The second kappa shape index (κ2) is 9.75. The van der Waals surface area contributed by atoms with E-state index in [1.807, 2.05) is 38.4 Å². The number of aryl methyl sites for hydroxylation is 1. The third-order valence-corrected chi connectivity index (χ3v) is 6.69. The average molecular weight is 449 g/mol. The molecule has 0 unspecified atom stereocenters. The van der Waals surface area contributed by atoms with E-state index in [2.05, 4.69) is 34.7 Å². The van der Waals surface area contributed by atoms with Crippen molar-refractivity contribution >= 4 is 5.91 Å². The fraction of sp³-hybridized carbons (Fsp3) is 0.423. The van der Waals surface area contributed by atoms with Gasteiger partial charge in [-0.15, -0.1) is 5.10 Å². The first-order valence-electron chi connectivity index (χ1n) is 11.5. The number of aliphatic hydroxyl groups is 1. The average Bonchev–Trinajstić information content (AvgIpc) is 3.25. The number of benzene rings is 2. The van der Waals surface area contributed by atoms with Crippen LogP contribution in [0.4, 0.5) is 0 Å². The van der Waals surface area contributed by atoms with Gasteiger partial charge >= 0.3 is 0 Å². The fourth-order valence-corrected chi connectivity index (χ4v) is 4.60. The lowest BCUT2D eigenvalue weighted by Gasteiger charge is -2.29. The van der Waals surface area contributed by atoms with Gasteiger partial charge in [0, 0.05) is 12.6 Å². The smallest absolute Gasteiger partial charge is 0.255 e. The van der Waals surface area contributed by atoms with Gasteiger partial charge in [-0.1, -0.05) is 42.3 Å². The number of nitrogens with one attached hydrogen (secondary N) is 1. The molecule has 0 saturated heterocycles. The normalized spacial score (nSPS) is 18.2. The van der Waals surface area contributed by atoms with Gasteiger partial charge in [0.2, 0.25) is 0 Å². The van der Waals surface area contributed by atoms with E-state index in [9.17, 15) is 9.90 Å². The monoisotopic (exact) mass is 448 g/mol. The minimum absolute atomic E-state index is 0.194. The lowest BCUT2D eigenvalue weighted by atomic mass is 9.91. The molecule has 1 aliphatic rings. The molecule has 174 valence electrons. The summed E-state index contributed by atoms with van der Waals surface area (Å²) < 4.78 is 7.31. The summed E-state index contributed by atoms with van der Waals surface area (Å²) in [6.45, 7) is 4.05. The Bertz CT molecular complexity index is 1140. The number of carbonyl (C=O) groups excluding carboxylic acids is 1. The molecular formula is C26H32N4O3. The quantitative estimate of drug-likeness (QED) is 0.600. The number of aliphatic hydroxyl groups excluding tert-OH is 1. The van der Waals surface area contributed by atoms with Crippen LogP contribution in [0.15, 0.2) is 36.5 Å². The van der Waals surface area contributed by atoms with Crippen LogP contribution in [0.1, 0.15) is 58.3 Å². The van der Waals surface area contributed by atoms with E-state index in [1.165, 1.54) is 0 Å². The highest BCUT2D eigenvalue weighted by Gasteiger charge is 2.27. The molecule has 0 aliphatic heterocycles. The lowest BCUT2D eigenvalue weighted by Crippen LogP contribution is -2.45. The summed E-state index contributed by atoms with van der Waals surface area (Å²) in [5, 5.41) is 21.5. The number of hydrogen-bond acceptors (Lipinski definition) is 5. The van der Waals surface area contributed by atoms with Crippen LogP contribution in [-0.4, -0.2) is 45.3 Å². The van der Waals surface area contributed by atoms with Crippen molar-refractivity contribution in [2.24, 2.45) is 7.05 Å². The Kier molecular flexibility index (Phi) is 6.79. The zero-order chi connectivity index (χ0) is 23.5. The number of hydrogen-bond donors (Lipinski definition) is 2. The minimum atomic E-state index is -0.493. The van der Waals surface area contributed by atoms with Gasteiger partial charge in [0.15, 0.2) is 0 Å². The molecule has 1 aliphatic carbocycles. The maximum absolute atomic E-state index is 13.2. The van der Waals surface area contributed by atoms with Gasteiger partial charge in [0.1, 0.15) is 11.4 Å². The topological polar surface area (TPSA) is 89.3 Å². The Morgan fingerprint density at radius 2 is 1.91 bits per heavy atom. The van der Waals surface area contributed by atoms with Gasteiger partial charge in [-0.05, 0) is 61.4 Å². The lowest BCUT2D eigenvalue weighted by molar-refractivity contribution is 0.0715. The molecule has 2 atom stereocenters. The molecular weight excluding hydrogens is 416 g/mol. The zero-order valence-corrected chi connectivity index (χ0v) is 19.8. The van der Waals surface area contributed by atoms with Crippen molar-refractivity contribution in [1.29, 1.82) is 0 Å². The van der Waals surface area contributed by atoms with Gasteiger partial charge in [-0.3, -0.25) is 9.48 Å². The van der Waals surface area contributed by atoms with Gasteiger partial charge < -0.3 is 15.2 Å². The first-order chi connectivity index (χ1) is 15.9. The van der Waals surface area contributed by atoms with Crippen LogP contribution in [0.3, 0.4) is 0 Å². The van der Waals surface area contributed by atoms with Crippen LogP contribution in [0, 0.1) is 13.8 Å². The number of ether oxygens (including phenoxy) is 1. The van der Waals surface area contributed by atoms with E-state index in [1.54, 1.807) is 11.8 Å². The standard InChI is InChI=1S/C26H32N4O3/c1-16-17(2)25(33-4)21(26(32)27-22-7-5-6-8-24(22)31)14-20(16)13-18-9-11-19(12-10-18)23-15-30(3)29-28-23/h9-12,14-15,22,24,31H,5-8,13H2,1-4H3,(H,27,32)/t22-,24-/m1/s1. The summed E-state index contributed by atoms with van der Waals surface area (Å²) in [5.74, 6) is 0.400. The molecule has 2 aromatic carbocycles. The summed E-state index contributed by atoms with van der Waals surface area (Å²) in [5.41, 5.74) is 6.66. The largest absolute Gasteiger partial charge is 0.496 e. The number of amides is 1. The summed E-state index contributed by atoms with van der Waals surface area (Å²) >= 11 is 0. The number of methoxy groups -OCH3 is 1. The zero-order valence-electron chi connectivity index (χ0n) is 19.8. The Morgan fingerprint density at radius 1 is 1.18 bits per heavy atom. The Balaban J connectivity index is 1.59. The molecule has 1 amide bonds. The Morgan fingerprint density at radius 3 is 2.55 bits per heavy atom. The fourth-order valence-electron chi connectivity index (χ4n) is 4.60. The molecule has 1 heterocycles. The van der Waals surface area contributed by atoms with Crippen molar-refractivity contribution in [1.82, 2.24) is 20.3 Å². The van der Waals surface area contributed by atoms with Crippen molar-refractivity contribution in [3.63, 3.8) is 0 Å². The van der Waals surface area contributed by atoms with Gasteiger partial charge in [0.25, 0.3) is 5.91 Å². The number of aromatic nitrogens is 3. The number of rotatable bonds is 6. The summed E-state index contributed by atoms with van der Waals surface area (Å²) in [4.78, 5) is 13.2. The van der Waals surface area contributed by atoms with Crippen molar-refractivity contribution in [3.05, 3.63) is 64.3 Å². The highest BCUT2D eigenvalue weighted by molar-refractivity contribution is 5.98. The van der Waals surface area contributed by atoms with Crippen LogP contribution < -0.4 is 10.1 Å². The third-order valence-electron chi connectivity index (χ3n) is 6.69. The predicted octanol–water partition coefficient (Wildman–Crippen LogP) is 3.73. The highest BCUT2D eigenvalue weighted by Crippen LogP contribution is 2.31. The molecule has 1 saturated carbocycles. The van der Waals surface area contributed by atoms with Crippen LogP contribution in [-0.2, 0) is 13.5 Å². The highest BCUT2D eigenvalue weighted by atomic mass is 16.5. The van der Waals surface area contributed by atoms with E-state index >= 15 is 0 Å². The van der Waals surface area contributed by atoms with E-state index < -0.39 is 6.10 Å². The molecule has 7 nitrogen and oxygen atoms in total. The maximum atomic E-state index is 13.2. The van der Waals surface area contributed by atoms with Crippen molar-refractivity contribution < 1.29 is 14.6 Å². The number of carbonyl (C=O) groups is 1. The SMILES string of the molecule is COc1c(C(=O)N[C@@H]2CCCC[C@H]2O)cc(Cc2ccc(-c3cn(C)nn3)cc2)c(C)c1C. The molecule has 3 aromatic rings.